The Labute approximate surface area is 74.3 Å². The molecule has 1 aliphatic rings. The van der Waals surface area contributed by atoms with Crippen LogP contribution < -0.4 is 0 Å². The molecular formula is C7H9NO3S. The van der Waals surface area contributed by atoms with Crippen molar-refractivity contribution in [3.8, 4) is 0 Å². The van der Waals surface area contributed by atoms with E-state index < -0.39 is 5.97 Å². The number of hydrogen-bond acceptors (Lipinski definition) is 4. The van der Waals surface area contributed by atoms with Crippen LogP contribution in [0.25, 0.3) is 0 Å². The third kappa shape index (κ3) is 2.09. The first-order chi connectivity index (χ1) is 5.75. The number of carboxylic acid groups (broad SMARTS) is 1. The fraction of sp³-hybridized carbons (Fsp3) is 0.429. The molecule has 0 aromatic heterocycles. The number of carbonyl (C=O) groups is 1. The van der Waals surface area contributed by atoms with E-state index in [0.29, 0.717) is 12.4 Å². The van der Waals surface area contributed by atoms with Gasteiger partial charge in [-0.15, -0.1) is 11.8 Å². The predicted octanol–water partition coefficient (Wildman–Crippen LogP) is 0.747. The molecule has 0 bridgehead atoms. The molecule has 0 aromatic carbocycles. The maximum Gasteiger partial charge on any atom is 0.354 e. The van der Waals surface area contributed by atoms with Crippen molar-refractivity contribution in [1.82, 2.24) is 0 Å². The SMILES string of the molecule is COCC1=C(C(=O)O)N=CSC1. The van der Waals surface area contributed by atoms with Gasteiger partial charge in [-0.1, -0.05) is 0 Å². The quantitative estimate of drug-likeness (QED) is 0.708. The summed E-state index contributed by atoms with van der Waals surface area (Å²) >= 11 is 1.47. The topological polar surface area (TPSA) is 58.9 Å². The van der Waals surface area contributed by atoms with Crippen LogP contribution in [-0.2, 0) is 9.53 Å². The fourth-order valence-corrected chi connectivity index (χ4v) is 1.55. The second-order valence-corrected chi connectivity index (χ2v) is 3.07. The van der Waals surface area contributed by atoms with Crippen molar-refractivity contribution in [3.63, 3.8) is 0 Å². The molecule has 0 saturated heterocycles. The Kier molecular flexibility index (Phi) is 3.31. The molecule has 0 radical (unpaired) electrons. The Morgan fingerprint density at radius 2 is 2.67 bits per heavy atom. The first-order valence-corrected chi connectivity index (χ1v) is 4.39. The average Bonchev–Trinajstić information content (AvgIpc) is 2.05. The van der Waals surface area contributed by atoms with E-state index in [1.165, 1.54) is 18.9 Å². The fourth-order valence-electron chi connectivity index (χ4n) is 0.878. The molecule has 0 spiro atoms. The Bertz CT molecular complexity index is 247. The molecule has 1 heterocycles. The van der Waals surface area contributed by atoms with Gasteiger partial charge >= 0.3 is 5.97 Å². The number of thioether (sulfide) groups is 1. The van der Waals surface area contributed by atoms with E-state index in [-0.39, 0.29) is 5.70 Å². The third-order valence-corrected chi connectivity index (χ3v) is 2.14. The minimum atomic E-state index is -0.987. The van der Waals surface area contributed by atoms with Gasteiger partial charge in [-0.2, -0.15) is 0 Å². The number of aliphatic carboxylic acids is 1. The van der Waals surface area contributed by atoms with Crippen LogP contribution in [0.5, 0.6) is 0 Å². The highest BCUT2D eigenvalue weighted by Crippen LogP contribution is 2.17. The minimum absolute atomic E-state index is 0.121. The molecule has 5 heteroatoms. The van der Waals surface area contributed by atoms with Crippen molar-refractivity contribution in [2.75, 3.05) is 19.5 Å². The second kappa shape index (κ2) is 4.27. The van der Waals surface area contributed by atoms with E-state index in [4.69, 9.17) is 9.84 Å². The Hall–Kier alpha value is -0.810. The van der Waals surface area contributed by atoms with Crippen LogP contribution in [0.15, 0.2) is 16.3 Å². The molecule has 1 aliphatic heterocycles. The summed E-state index contributed by atoms with van der Waals surface area (Å²) in [5.41, 5.74) is 2.40. The smallest absolute Gasteiger partial charge is 0.354 e. The first-order valence-electron chi connectivity index (χ1n) is 3.34. The summed E-state index contributed by atoms with van der Waals surface area (Å²) in [5.74, 6) is -0.336. The molecule has 4 nitrogen and oxygen atoms in total. The molecule has 0 fully saturated rings. The summed E-state index contributed by atoms with van der Waals surface area (Å²) in [6.07, 6.45) is 0. The summed E-state index contributed by atoms with van der Waals surface area (Å²) in [7, 11) is 1.54. The highest BCUT2D eigenvalue weighted by atomic mass is 32.2. The van der Waals surface area contributed by atoms with Crippen molar-refractivity contribution in [3.05, 3.63) is 11.3 Å². The predicted molar refractivity (Wildman–Crippen MR) is 47.5 cm³/mol. The molecule has 0 amide bonds. The lowest BCUT2D eigenvalue weighted by molar-refractivity contribution is -0.132. The van der Waals surface area contributed by atoms with Gasteiger partial charge in [0.25, 0.3) is 0 Å². The van der Waals surface area contributed by atoms with Crippen LogP contribution in [-0.4, -0.2) is 36.1 Å². The number of hydrogen-bond donors (Lipinski definition) is 1. The normalized spacial score (nSPS) is 16.8. The van der Waals surface area contributed by atoms with Gasteiger partial charge in [-0.25, -0.2) is 9.79 Å². The van der Waals surface area contributed by atoms with E-state index in [9.17, 15) is 4.79 Å². The van der Waals surface area contributed by atoms with Gasteiger partial charge in [0.2, 0.25) is 0 Å². The lowest BCUT2D eigenvalue weighted by atomic mass is 10.2. The van der Waals surface area contributed by atoms with E-state index in [1.54, 1.807) is 5.55 Å². The number of carboxylic acids is 1. The largest absolute Gasteiger partial charge is 0.477 e. The molecule has 0 saturated carbocycles. The molecule has 0 aliphatic carbocycles. The number of aliphatic imine (C=N–C) groups is 1. The molecule has 0 atom stereocenters. The first kappa shape index (κ1) is 9.28. The van der Waals surface area contributed by atoms with Crippen LogP contribution in [0.1, 0.15) is 0 Å². The van der Waals surface area contributed by atoms with Crippen molar-refractivity contribution >= 4 is 23.3 Å². The molecule has 12 heavy (non-hydrogen) atoms. The molecule has 1 N–H and O–H groups in total. The van der Waals surface area contributed by atoms with Gasteiger partial charge in [-0.05, 0) is 5.57 Å². The summed E-state index contributed by atoms with van der Waals surface area (Å²) in [4.78, 5) is 14.4. The van der Waals surface area contributed by atoms with Gasteiger partial charge < -0.3 is 9.84 Å². The van der Waals surface area contributed by atoms with E-state index >= 15 is 0 Å². The number of methoxy groups -OCH3 is 1. The van der Waals surface area contributed by atoms with Gasteiger partial charge in [0.05, 0.1) is 12.2 Å². The molecular weight excluding hydrogens is 178 g/mol. The molecule has 0 aromatic rings. The summed E-state index contributed by atoms with van der Waals surface area (Å²) < 4.78 is 4.85. The minimum Gasteiger partial charge on any atom is -0.477 e. The molecule has 0 unspecified atom stereocenters. The van der Waals surface area contributed by atoms with Crippen LogP contribution >= 0.6 is 11.8 Å². The lowest BCUT2D eigenvalue weighted by Crippen LogP contribution is -2.11. The van der Waals surface area contributed by atoms with Crippen LogP contribution in [0.2, 0.25) is 0 Å². The number of nitrogens with zero attached hydrogens (tertiary/aromatic N) is 1. The second-order valence-electron chi connectivity index (χ2n) is 2.24. The summed E-state index contributed by atoms with van der Waals surface area (Å²) in [6, 6.07) is 0. The standard InChI is InChI=1S/C7H9NO3S/c1-11-2-5-3-12-4-8-6(5)7(9)10/h4H,2-3H2,1H3,(H,9,10). The highest BCUT2D eigenvalue weighted by molar-refractivity contribution is 8.12. The molecule has 66 valence electrons. The Morgan fingerprint density at radius 3 is 3.25 bits per heavy atom. The van der Waals surface area contributed by atoms with Gasteiger partial charge in [0, 0.05) is 12.9 Å². The van der Waals surface area contributed by atoms with E-state index in [2.05, 4.69) is 4.99 Å². The maximum absolute atomic E-state index is 10.6. The summed E-state index contributed by atoms with van der Waals surface area (Å²) in [6.45, 7) is 0.339. The van der Waals surface area contributed by atoms with Crippen molar-refractivity contribution < 1.29 is 14.6 Å². The Balaban J connectivity index is 2.84. The highest BCUT2D eigenvalue weighted by Gasteiger charge is 2.15. The summed E-state index contributed by atoms with van der Waals surface area (Å²) in [5, 5.41) is 8.70. The van der Waals surface area contributed by atoms with Gasteiger partial charge in [0.15, 0.2) is 5.70 Å². The van der Waals surface area contributed by atoms with Crippen molar-refractivity contribution in [2.24, 2.45) is 4.99 Å². The van der Waals surface area contributed by atoms with E-state index in [0.717, 1.165) is 5.57 Å². The van der Waals surface area contributed by atoms with E-state index in [1.807, 2.05) is 0 Å². The average molecular weight is 187 g/mol. The molecule has 1 rings (SSSR count). The number of rotatable bonds is 3. The van der Waals surface area contributed by atoms with Crippen LogP contribution in [0.3, 0.4) is 0 Å². The van der Waals surface area contributed by atoms with Crippen molar-refractivity contribution in [2.45, 2.75) is 0 Å². The lowest BCUT2D eigenvalue weighted by Gasteiger charge is -2.10. The Morgan fingerprint density at radius 1 is 1.92 bits per heavy atom. The zero-order valence-electron chi connectivity index (χ0n) is 6.61. The van der Waals surface area contributed by atoms with Crippen LogP contribution in [0.4, 0.5) is 0 Å². The van der Waals surface area contributed by atoms with Crippen molar-refractivity contribution in [1.29, 1.82) is 0 Å². The van der Waals surface area contributed by atoms with Gasteiger partial charge in [0.1, 0.15) is 0 Å². The maximum atomic E-state index is 10.6. The zero-order chi connectivity index (χ0) is 8.97. The number of ether oxygens (including phenoxy) is 1. The zero-order valence-corrected chi connectivity index (χ0v) is 7.43. The monoisotopic (exact) mass is 187 g/mol. The van der Waals surface area contributed by atoms with Crippen LogP contribution in [0, 0.1) is 0 Å². The third-order valence-electron chi connectivity index (χ3n) is 1.37. The van der Waals surface area contributed by atoms with Gasteiger partial charge in [-0.3, -0.25) is 0 Å².